The third-order valence-electron chi connectivity index (χ3n) is 1.44. The van der Waals surface area contributed by atoms with Gasteiger partial charge >= 0.3 is 0 Å². The molecule has 0 N–H and O–H groups in total. The number of hydrogen-bond donors (Lipinski definition) is 0. The van der Waals surface area contributed by atoms with E-state index in [4.69, 9.17) is 28.7 Å². The van der Waals surface area contributed by atoms with Gasteiger partial charge in [0.1, 0.15) is 10.3 Å². The van der Waals surface area contributed by atoms with E-state index in [1.165, 1.54) is 0 Å². The van der Waals surface area contributed by atoms with Crippen molar-refractivity contribution in [1.82, 2.24) is 4.98 Å². The van der Waals surface area contributed by atoms with Crippen molar-refractivity contribution in [2.24, 2.45) is 5.11 Å². The lowest BCUT2D eigenvalue weighted by Crippen LogP contribution is -1.83. The van der Waals surface area contributed by atoms with Crippen LogP contribution in [-0.2, 0) is 0 Å². The van der Waals surface area contributed by atoms with Crippen LogP contribution in [0.3, 0.4) is 0 Å². The van der Waals surface area contributed by atoms with Crippen molar-refractivity contribution in [3.05, 3.63) is 38.4 Å². The lowest BCUT2D eigenvalue weighted by atomic mass is 10.3. The van der Waals surface area contributed by atoms with Gasteiger partial charge in [0.05, 0.1) is 5.56 Å². The maximum absolute atomic E-state index is 8.02. The van der Waals surface area contributed by atoms with Gasteiger partial charge in [0.25, 0.3) is 0 Å². The average molecular weight is 241 g/mol. The zero-order valence-electron chi connectivity index (χ0n) is 7.61. The van der Waals surface area contributed by atoms with Crippen LogP contribution in [0.1, 0.15) is 12.0 Å². The summed E-state index contributed by atoms with van der Waals surface area (Å²) >= 11 is 11.4. The molecule has 1 aromatic rings. The summed E-state index contributed by atoms with van der Waals surface area (Å²) in [5.74, 6) is 5.63. The fourth-order valence-corrected chi connectivity index (χ4v) is 1.21. The monoisotopic (exact) mass is 240 g/mol. The number of azide groups is 1. The van der Waals surface area contributed by atoms with Crippen molar-refractivity contribution >= 4 is 23.2 Å². The van der Waals surface area contributed by atoms with Crippen molar-refractivity contribution in [3.63, 3.8) is 0 Å². The topological polar surface area (TPSA) is 61.7 Å². The molecule has 0 radical (unpaired) electrons. The first-order chi connectivity index (χ1) is 7.24. The zero-order valence-corrected chi connectivity index (χ0v) is 9.13. The normalized spacial score (nSPS) is 8.67. The molecule has 0 fully saturated rings. The summed E-state index contributed by atoms with van der Waals surface area (Å²) in [5, 5.41) is 3.96. The summed E-state index contributed by atoms with van der Waals surface area (Å²) in [6, 6.07) is 3.31. The fraction of sp³-hybridized carbons (Fsp3) is 0.222. The molecule has 0 aliphatic heterocycles. The summed E-state index contributed by atoms with van der Waals surface area (Å²) in [4.78, 5) is 6.45. The third-order valence-corrected chi connectivity index (χ3v) is 1.94. The summed E-state index contributed by atoms with van der Waals surface area (Å²) in [6.45, 7) is 0.349. The van der Waals surface area contributed by atoms with Gasteiger partial charge in [0.2, 0.25) is 0 Å². The highest BCUT2D eigenvalue weighted by molar-refractivity contribution is 6.33. The van der Waals surface area contributed by atoms with Crippen LogP contribution in [0, 0.1) is 11.8 Å². The van der Waals surface area contributed by atoms with Crippen molar-refractivity contribution in [2.45, 2.75) is 6.42 Å². The van der Waals surface area contributed by atoms with Crippen molar-refractivity contribution in [2.75, 3.05) is 6.54 Å². The van der Waals surface area contributed by atoms with Crippen LogP contribution in [0.4, 0.5) is 0 Å². The standard InChI is InChI=1S/C9H6Cl2N4/c10-8-5-4-7(9(11)14-8)3-1-2-6-13-15-12/h4-5H,2,6H2. The van der Waals surface area contributed by atoms with Crippen LogP contribution in [0.15, 0.2) is 17.2 Å². The first-order valence-corrected chi connectivity index (χ1v) is 4.81. The van der Waals surface area contributed by atoms with Gasteiger partial charge in [-0.2, -0.15) is 0 Å². The van der Waals surface area contributed by atoms with E-state index in [9.17, 15) is 0 Å². The maximum Gasteiger partial charge on any atom is 0.146 e. The molecule has 1 aromatic heterocycles. The highest BCUT2D eigenvalue weighted by Crippen LogP contribution is 2.15. The molecule has 0 atom stereocenters. The van der Waals surface area contributed by atoms with Crippen LogP contribution < -0.4 is 0 Å². The quantitative estimate of drug-likeness (QED) is 0.195. The number of halogens is 2. The van der Waals surface area contributed by atoms with E-state index >= 15 is 0 Å². The molecule has 0 spiro atoms. The Hall–Kier alpha value is -1.40. The van der Waals surface area contributed by atoms with Crippen molar-refractivity contribution in [1.29, 1.82) is 0 Å². The molecule has 76 valence electrons. The first-order valence-electron chi connectivity index (χ1n) is 4.06. The fourth-order valence-electron chi connectivity index (χ4n) is 0.814. The van der Waals surface area contributed by atoms with Gasteiger partial charge in [-0.1, -0.05) is 40.2 Å². The SMILES string of the molecule is [N-]=[N+]=NCCC#Cc1ccc(Cl)nc1Cl. The van der Waals surface area contributed by atoms with E-state index in [2.05, 4.69) is 26.9 Å². The molecule has 1 rings (SSSR count). The van der Waals surface area contributed by atoms with E-state index in [1.54, 1.807) is 12.1 Å². The van der Waals surface area contributed by atoms with Crippen molar-refractivity contribution < 1.29 is 0 Å². The number of pyridine rings is 1. The zero-order chi connectivity index (χ0) is 11.1. The van der Waals surface area contributed by atoms with Crippen LogP contribution in [0.25, 0.3) is 10.4 Å². The molecule has 0 amide bonds. The van der Waals surface area contributed by atoms with Gasteiger partial charge in [0.15, 0.2) is 0 Å². The second kappa shape index (κ2) is 6.15. The lowest BCUT2D eigenvalue weighted by molar-refractivity contribution is 1.01. The predicted octanol–water partition coefficient (Wildman–Crippen LogP) is 3.44. The molecule has 0 aliphatic carbocycles. The van der Waals surface area contributed by atoms with Crippen LogP contribution in [-0.4, -0.2) is 11.5 Å². The molecule has 0 aliphatic rings. The van der Waals surface area contributed by atoms with Crippen LogP contribution >= 0.6 is 23.2 Å². The Balaban J connectivity index is 2.67. The molecular formula is C9H6Cl2N4. The molecule has 1 heterocycles. The molecule has 4 nitrogen and oxygen atoms in total. The van der Waals surface area contributed by atoms with E-state index in [0.717, 1.165) is 0 Å². The number of nitrogens with zero attached hydrogens (tertiary/aromatic N) is 4. The smallest absolute Gasteiger partial charge is 0.146 e. The molecule has 15 heavy (non-hydrogen) atoms. The first kappa shape index (κ1) is 11.7. The van der Waals surface area contributed by atoms with Gasteiger partial charge in [-0.15, -0.1) is 0 Å². The van der Waals surface area contributed by atoms with Crippen LogP contribution in [0.2, 0.25) is 10.3 Å². The Labute approximate surface area is 96.9 Å². The summed E-state index contributed by atoms with van der Waals surface area (Å²) < 4.78 is 0. The minimum absolute atomic E-state index is 0.277. The summed E-state index contributed by atoms with van der Waals surface area (Å²) in [7, 11) is 0. The molecule has 0 saturated heterocycles. The summed E-state index contributed by atoms with van der Waals surface area (Å²) in [6.07, 6.45) is 0.489. The average Bonchev–Trinajstić information content (AvgIpc) is 2.20. The third kappa shape index (κ3) is 4.09. The van der Waals surface area contributed by atoms with Crippen LogP contribution in [0.5, 0.6) is 0 Å². The summed E-state index contributed by atoms with van der Waals surface area (Å²) in [5.41, 5.74) is 8.63. The second-order valence-corrected chi connectivity index (χ2v) is 3.22. The molecule has 0 aromatic carbocycles. The minimum atomic E-state index is 0.277. The second-order valence-electron chi connectivity index (χ2n) is 2.48. The Bertz CT molecular complexity index is 455. The lowest BCUT2D eigenvalue weighted by Gasteiger charge is -1.94. The highest BCUT2D eigenvalue weighted by Gasteiger charge is 1.98. The number of rotatable bonds is 2. The Morgan fingerprint density at radius 1 is 1.47 bits per heavy atom. The number of aromatic nitrogens is 1. The van der Waals surface area contributed by atoms with E-state index in [-0.39, 0.29) is 5.15 Å². The highest BCUT2D eigenvalue weighted by atomic mass is 35.5. The van der Waals surface area contributed by atoms with Gasteiger partial charge in [-0.3, -0.25) is 0 Å². The predicted molar refractivity (Wildman–Crippen MR) is 59.8 cm³/mol. The maximum atomic E-state index is 8.02. The molecule has 0 unspecified atom stereocenters. The number of hydrogen-bond acceptors (Lipinski definition) is 2. The van der Waals surface area contributed by atoms with Gasteiger partial charge < -0.3 is 0 Å². The van der Waals surface area contributed by atoms with E-state index in [1.807, 2.05) is 0 Å². The largest absolute Gasteiger partial charge is 0.223 e. The van der Waals surface area contributed by atoms with Gasteiger partial charge in [-0.05, 0) is 17.7 Å². The van der Waals surface area contributed by atoms with E-state index < -0.39 is 0 Å². The molecular weight excluding hydrogens is 235 g/mol. The molecule has 0 bridgehead atoms. The van der Waals surface area contributed by atoms with Crippen molar-refractivity contribution in [3.8, 4) is 11.8 Å². The minimum Gasteiger partial charge on any atom is -0.223 e. The molecule has 6 heteroatoms. The Morgan fingerprint density at radius 2 is 2.27 bits per heavy atom. The Morgan fingerprint density at radius 3 is 2.93 bits per heavy atom. The Kier molecular flexibility index (Phi) is 4.79. The van der Waals surface area contributed by atoms with E-state index in [0.29, 0.717) is 23.7 Å². The molecule has 0 saturated carbocycles. The van der Waals surface area contributed by atoms with Gasteiger partial charge in [0, 0.05) is 17.9 Å². The van der Waals surface area contributed by atoms with Gasteiger partial charge in [-0.25, -0.2) is 4.98 Å².